The highest BCUT2D eigenvalue weighted by Crippen LogP contribution is 2.23. The number of benzene rings is 1. The SMILES string of the molecule is NCc1cc2[nH]cc(N)c2cc1F. The molecule has 0 spiro atoms. The first-order chi connectivity index (χ1) is 6.22. The van der Waals surface area contributed by atoms with Gasteiger partial charge in [0.25, 0.3) is 0 Å². The lowest BCUT2D eigenvalue weighted by atomic mass is 10.1. The molecule has 0 atom stereocenters. The number of anilines is 1. The molecule has 4 heteroatoms. The molecular formula is C9H10FN3. The van der Waals surface area contributed by atoms with Gasteiger partial charge in [-0.1, -0.05) is 0 Å². The first-order valence-corrected chi connectivity index (χ1v) is 3.97. The highest BCUT2D eigenvalue weighted by Gasteiger charge is 2.06. The van der Waals surface area contributed by atoms with Crippen LogP contribution in [-0.2, 0) is 6.54 Å². The second-order valence-electron chi connectivity index (χ2n) is 2.94. The normalized spacial score (nSPS) is 10.9. The summed E-state index contributed by atoms with van der Waals surface area (Å²) < 4.78 is 13.2. The van der Waals surface area contributed by atoms with E-state index in [9.17, 15) is 4.39 Å². The monoisotopic (exact) mass is 179 g/mol. The van der Waals surface area contributed by atoms with E-state index in [2.05, 4.69) is 4.98 Å². The number of hydrogen-bond acceptors (Lipinski definition) is 2. The maximum atomic E-state index is 13.2. The zero-order valence-electron chi connectivity index (χ0n) is 6.97. The zero-order valence-corrected chi connectivity index (χ0v) is 6.97. The van der Waals surface area contributed by atoms with Crippen molar-refractivity contribution >= 4 is 16.6 Å². The Morgan fingerprint density at radius 2 is 2.15 bits per heavy atom. The number of H-pyrrole nitrogens is 1. The van der Waals surface area contributed by atoms with Crippen LogP contribution in [0.2, 0.25) is 0 Å². The molecule has 0 fully saturated rings. The maximum Gasteiger partial charge on any atom is 0.128 e. The van der Waals surface area contributed by atoms with Gasteiger partial charge in [-0.3, -0.25) is 0 Å². The van der Waals surface area contributed by atoms with Gasteiger partial charge < -0.3 is 16.5 Å². The number of nitrogens with two attached hydrogens (primary N) is 2. The van der Waals surface area contributed by atoms with Gasteiger partial charge in [0.2, 0.25) is 0 Å². The van der Waals surface area contributed by atoms with E-state index in [0.717, 1.165) is 5.52 Å². The summed E-state index contributed by atoms with van der Waals surface area (Å²) in [5.74, 6) is -0.304. The Bertz CT molecular complexity index is 447. The van der Waals surface area contributed by atoms with Gasteiger partial charge in [-0.15, -0.1) is 0 Å². The van der Waals surface area contributed by atoms with Crippen molar-refractivity contribution in [2.45, 2.75) is 6.54 Å². The van der Waals surface area contributed by atoms with Crippen LogP contribution in [0.5, 0.6) is 0 Å². The summed E-state index contributed by atoms with van der Waals surface area (Å²) in [7, 11) is 0. The largest absolute Gasteiger partial charge is 0.397 e. The minimum atomic E-state index is -0.304. The van der Waals surface area contributed by atoms with Crippen molar-refractivity contribution in [2.24, 2.45) is 5.73 Å². The van der Waals surface area contributed by atoms with Gasteiger partial charge in [-0.2, -0.15) is 0 Å². The molecule has 0 aliphatic carbocycles. The van der Waals surface area contributed by atoms with Crippen LogP contribution in [0.4, 0.5) is 10.1 Å². The van der Waals surface area contributed by atoms with Crippen molar-refractivity contribution in [1.82, 2.24) is 4.98 Å². The third-order valence-electron chi connectivity index (χ3n) is 2.10. The number of aromatic nitrogens is 1. The lowest BCUT2D eigenvalue weighted by Crippen LogP contribution is -1.99. The number of nitrogens with one attached hydrogen (secondary N) is 1. The lowest BCUT2D eigenvalue weighted by molar-refractivity contribution is 0.613. The predicted octanol–water partition coefficient (Wildman–Crippen LogP) is 1.35. The highest BCUT2D eigenvalue weighted by atomic mass is 19.1. The average molecular weight is 179 g/mol. The number of aromatic amines is 1. The molecule has 13 heavy (non-hydrogen) atoms. The van der Waals surface area contributed by atoms with Crippen molar-refractivity contribution in [1.29, 1.82) is 0 Å². The van der Waals surface area contributed by atoms with E-state index in [-0.39, 0.29) is 12.4 Å². The maximum absolute atomic E-state index is 13.2. The second-order valence-corrected chi connectivity index (χ2v) is 2.94. The van der Waals surface area contributed by atoms with Crippen LogP contribution in [0.1, 0.15) is 5.56 Å². The molecule has 2 aromatic rings. The standard InChI is InChI=1S/C9H10FN3/c10-7-2-6-8(12)4-13-9(6)1-5(7)3-11/h1-2,4,13H,3,11-12H2. The minimum Gasteiger partial charge on any atom is -0.397 e. The number of rotatable bonds is 1. The molecule has 0 aliphatic rings. The quantitative estimate of drug-likeness (QED) is 0.618. The van der Waals surface area contributed by atoms with Crippen molar-refractivity contribution in [3.8, 4) is 0 Å². The van der Waals surface area contributed by atoms with E-state index in [1.165, 1.54) is 6.07 Å². The molecule has 1 aromatic heterocycles. The summed E-state index contributed by atoms with van der Waals surface area (Å²) in [6.07, 6.45) is 1.64. The molecule has 0 saturated carbocycles. The minimum absolute atomic E-state index is 0.195. The topological polar surface area (TPSA) is 67.8 Å². The van der Waals surface area contributed by atoms with Gasteiger partial charge in [0, 0.05) is 29.2 Å². The summed E-state index contributed by atoms with van der Waals surface area (Å²) in [5, 5.41) is 0.703. The van der Waals surface area contributed by atoms with E-state index in [0.29, 0.717) is 16.6 Å². The Morgan fingerprint density at radius 3 is 2.85 bits per heavy atom. The lowest BCUT2D eigenvalue weighted by Gasteiger charge is -1.99. The smallest absolute Gasteiger partial charge is 0.128 e. The molecule has 1 aromatic carbocycles. The zero-order chi connectivity index (χ0) is 9.42. The summed E-state index contributed by atoms with van der Waals surface area (Å²) in [4.78, 5) is 2.94. The molecule has 0 aliphatic heterocycles. The molecule has 3 nitrogen and oxygen atoms in total. The number of nitrogen functional groups attached to an aromatic ring is 1. The first kappa shape index (κ1) is 8.07. The summed E-state index contributed by atoms with van der Waals surface area (Å²) in [6, 6.07) is 3.09. The van der Waals surface area contributed by atoms with Crippen LogP contribution in [0.3, 0.4) is 0 Å². The van der Waals surface area contributed by atoms with E-state index in [1.54, 1.807) is 12.3 Å². The summed E-state index contributed by atoms with van der Waals surface area (Å²) >= 11 is 0. The van der Waals surface area contributed by atoms with Crippen LogP contribution in [0.25, 0.3) is 10.9 Å². The van der Waals surface area contributed by atoms with Crippen molar-refractivity contribution in [3.63, 3.8) is 0 Å². The van der Waals surface area contributed by atoms with E-state index < -0.39 is 0 Å². The molecule has 0 saturated heterocycles. The first-order valence-electron chi connectivity index (χ1n) is 3.97. The Morgan fingerprint density at radius 1 is 1.38 bits per heavy atom. The van der Waals surface area contributed by atoms with Crippen molar-refractivity contribution < 1.29 is 4.39 Å². The molecule has 0 unspecified atom stereocenters. The van der Waals surface area contributed by atoms with Gasteiger partial charge >= 0.3 is 0 Å². The fraction of sp³-hybridized carbons (Fsp3) is 0.111. The third-order valence-corrected chi connectivity index (χ3v) is 2.10. The van der Waals surface area contributed by atoms with Crippen molar-refractivity contribution in [2.75, 3.05) is 5.73 Å². The van der Waals surface area contributed by atoms with Gasteiger partial charge in [0.05, 0.1) is 5.69 Å². The molecule has 0 amide bonds. The molecule has 0 bridgehead atoms. The van der Waals surface area contributed by atoms with Crippen LogP contribution in [-0.4, -0.2) is 4.98 Å². The van der Waals surface area contributed by atoms with E-state index >= 15 is 0 Å². The molecule has 2 rings (SSSR count). The van der Waals surface area contributed by atoms with Gasteiger partial charge in [-0.05, 0) is 12.1 Å². The number of fused-ring (bicyclic) bond motifs is 1. The van der Waals surface area contributed by atoms with Gasteiger partial charge in [0.1, 0.15) is 5.82 Å². The molecule has 68 valence electrons. The molecule has 0 radical (unpaired) electrons. The van der Waals surface area contributed by atoms with Crippen LogP contribution in [0.15, 0.2) is 18.3 Å². The van der Waals surface area contributed by atoms with Crippen molar-refractivity contribution in [3.05, 3.63) is 29.7 Å². The average Bonchev–Trinajstić information content (AvgIpc) is 2.47. The predicted molar refractivity (Wildman–Crippen MR) is 50.6 cm³/mol. The van der Waals surface area contributed by atoms with Crippen LogP contribution in [0, 0.1) is 5.82 Å². The van der Waals surface area contributed by atoms with E-state index in [1.807, 2.05) is 0 Å². The second kappa shape index (κ2) is 2.74. The number of hydrogen-bond donors (Lipinski definition) is 3. The number of halogens is 1. The van der Waals surface area contributed by atoms with Gasteiger partial charge in [0.15, 0.2) is 0 Å². The summed E-state index contributed by atoms with van der Waals surface area (Å²) in [5.41, 5.74) is 12.8. The molecule has 5 N–H and O–H groups in total. The van der Waals surface area contributed by atoms with Crippen LogP contribution < -0.4 is 11.5 Å². The fourth-order valence-corrected chi connectivity index (χ4v) is 1.37. The summed E-state index contributed by atoms with van der Waals surface area (Å²) in [6.45, 7) is 0.195. The molecule has 1 heterocycles. The Kier molecular flexibility index (Phi) is 1.70. The Balaban J connectivity index is 2.76. The Hall–Kier alpha value is -1.55. The van der Waals surface area contributed by atoms with Gasteiger partial charge in [-0.25, -0.2) is 4.39 Å². The van der Waals surface area contributed by atoms with E-state index in [4.69, 9.17) is 11.5 Å². The third kappa shape index (κ3) is 1.15. The fourth-order valence-electron chi connectivity index (χ4n) is 1.37. The Labute approximate surface area is 74.5 Å². The van der Waals surface area contributed by atoms with Crippen LogP contribution >= 0.6 is 0 Å². The highest BCUT2D eigenvalue weighted by molar-refractivity contribution is 5.91. The molecular weight excluding hydrogens is 169 g/mol.